The van der Waals surface area contributed by atoms with Crippen LogP contribution in [0.25, 0.3) is 11.1 Å². The van der Waals surface area contributed by atoms with Gasteiger partial charge in [-0.25, -0.2) is 4.79 Å². The van der Waals surface area contributed by atoms with Crippen molar-refractivity contribution in [2.45, 2.75) is 57.1 Å². The minimum Gasteiger partial charge on any atom is -0.462 e. The van der Waals surface area contributed by atoms with Crippen molar-refractivity contribution in [1.82, 2.24) is 0 Å². The zero-order valence-corrected chi connectivity index (χ0v) is 22.7. The van der Waals surface area contributed by atoms with Crippen LogP contribution in [0, 0.1) is 6.92 Å². The Morgan fingerprint density at radius 2 is 1.81 bits per heavy atom. The SMILES string of the molecule is CCCCC(=O)Nc1cccc(SC(C)C(=O)Nc2scc(-c3ccc(C)cc3)c2C(=O)OCC)c1. The first-order valence-electron chi connectivity index (χ1n) is 12.1. The molecule has 0 aliphatic carbocycles. The van der Waals surface area contributed by atoms with Crippen LogP contribution >= 0.6 is 23.1 Å². The molecule has 3 rings (SSSR count). The standard InChI is InChI=1S/C28H32N2O4S2/c1-5-7-11-24(31)29-21-9-8-10-22(16-21)36-19(4)26(32)30-27-25(28(33)34-6-2)23(17-35-27)20-14-12-18(3)13-15-20/h8-10,12-17,19H,5-7,11H2,1-4H3,(H,29,31)(H,30,32). The van der Waals surface area contributed by atoms with Gasteiger partial charge in [-0.1, -0.05) is 49.2 Å². The number of anilines is 2. The molecular weight excluding hydrogens is 492 g/mol. The van der Waals surface area contributed by atoms with Crippen molar-refractivity contribution in [2.24, 2.45) is 0 Å². The second-order valence-electron chi connectivity index (χ2n) is 8.37. The molecule has 0 bridgehead atoms. The topological polar surface area (TPSA) is 84.5 Å². The lowest BCUT2D eigenvalue weighted by Gasteiger charge is -2.14. The van der Waals surface area contributed by atoms with Gasteiger partial charge in [0.1, 0.15) is 10.6 Å². The van der Waals surface area contributed by atoms with Crippen LogP contribution in [0.3, 0.4) is 0 Å². The summed E-state index contributed by atoms with van der Waals surface area (Å²) in [6.07, 6.45) is 2.30. The predicted octanol–water partition coefficient (Wildman–Crippen LogP) is 7.15. The van der Waals surface area contributed by atoms with Crippen LogP contribution in [0.4, 0.5) is 10.7 Å². The fourth-order valence-electron chi connectivity index (χ4n) is 3.48. The molecule has 0 aliphatic heterocycles. The number of ether oxygens (including phenoxy) is 1. The summed E-state index contributed by atoms with van der Waals surface area (Å²) in [7, 11) is 0. The van der Waals surface area contributed by atoms with Gasteiger partial charge in [0.15, 0.2) is 0 Å². The second kappa shape index (κ2) is 13.3. The Labute approximate surface area is 220 Å². The smallest absolute Gasteiger partial charge is 0.341 e. The van der Waals surface area contributed by atoms with Crippen LogP contribution in [0.5, 0.6) is 0 Å². The van der Waals surface area contributed by atoms with Crippen molar-refractivity contribution in [3.63, 3.8) is 0 Å². The molecule has 1 aromatic heterocycles. The molecule has 190 valence electrons. The molecule has 36 heavy (non-hydrogen) atoms. The normalized spacial score (nSPS) is 11.6. The summed E-state index contributed by atoms with van der Waals surface area (Å²) in [5.41, 5.74) is 3.82. The van der Waals surface area contributed by atoms with Gasteiger partial charge in [-0.3, -0.25) is 9.59 Å². The van der Waals surface area contributed by atoms with Gasteiger partial charge in [-0.05, 0) is 51.0 Å². The van der Waals surface area contributed by atoms with Gasteiger partial charge in [-0.15, -0.1) is 23.1 Å². The van der Waals surface area contributed by atoms with Crippen LogP contribution in [-0.4, -0.2) is 29.6 Å². The van der Waals surface area contributed by atoms with Crippen LogP contribution in [0.2, 0.25) is 0 Å². The van der Waals surface area contributed by atoms with E-state index in [9.17, 15) is 14.4 Å². The molecule has 0 spiro atoms. The Kier molecular flexibility index (Phi) is 10.1. The highest BCUT2D eigenvalue weighted by molar-refractivity contribution is 8.00. The molecule has 0 aliphatic rings. The molecule has 1 atom stereocenters. The van der Waals surface area contributed by atoms with Gasteiger partial charge in [0, 0.05) is 27.9 Å². The number of amides is 2. The minimum absolute atomic E-state index is 0.0154. The maximum absolute atomic E-state index is 13.1. The maximum atomic E-state index is 13.1. The highest BCUT2D eigenvalue weighted by Gasteiger charge is 2.24. The highest BCUT2D eigenvalue weighted by Crippen LogP contribution is 2.37. The lowest BCUT2D eigenvalue weighted by molar-refractivity contribution is -0.116. The number of thiophene rings is 1. The highest BCUT2D eigenvalue weighted by atomic mass is 32.2. The van der Waals surface area contributed by atoms with Crippen LogP contribution in [-0.2, 0) is 14.3 Å². The molecule has 2 amide bonds. The van der Waals surface area contributed by atoms with Gasteiger partial charge in [-0.2, -0.15) is 0 Å². The van der Waals surface area contributed by atoms with E-state index in [1.165, 1.54) is 23.1 Å². The molecule has 8 heteroatoms. The van der Waals surface area contributed by atoms with E-state index < -0.39 is 11.2 Å². The van der Waals surface area contributed by atoms with Gasteiger partial charge in [0.05, 0.1) is 11.9 Å². The van der Waals surface area contributed by atoms with Crippen molar-refractivity contribution in [2.75, 3.05) is 17.2 Å². The molecular formula is C28H32N2O4S2. The third kappa shape index (κ3) is 7.45. The average Bonchev–Trinajstić information content (AvgIpc) is 3.27. The van der Waals surface area contributed by atoms with Crippen molar-refractivity contribution < 1.29 is 19.1 Å². The molecule has 1 heterocycles. The van der Waals surface area contributed by atoms with Crippen molar-refractivity contribution in [3.8, 4) is 11.1 Å². The number of carbonyl (C=O) groups is 3. The largest absolute Gasteiger partial charge is 0.462 e. The number of unbranched alkanes of at least 4 members (excludes halogenated alkanes) is 1. The van der Waals surface area contributed by atoms with E-state index in [0.717, 1.165) is 34.4 Å². The third-order valence-corrected chi connectivity index (χ3v) is 7.42. The Balaban J connectivity index is 1.73. The molecule has 0 radical (unpaired) electrons. The Morgan fingerprint density at radius 1 is 1.06 bits per heavy atom. The number of benzene rings is 2. The first-order valence-corrected chi connectivity index (χ1v) is 13.8. The van der Waals surface area contributed by atoms with Crippen molar-refractivity contribution in [3.05, 3.63) is 65.0 Å². The summed E-state index contributed by atoms with van der Waals surface area (Å²) in [5.74, 6) is -0.699. The molecule has 2 N–H and O–H groups in total. The van der Waals surface area contributed by atoms with E-state index in [1.54, 1.807) is 6.92 Å². The molecule has 2 aromatic carbocycles. The number of thioether (sulfide) groups is 1. The minimum atomic E-state index is -0.462. The Hall–Kier alpha value is -3.10. The third-order valence-electron chi connectivity index (χ3n) is 5.43. The van der Waals surface area contributed by atoms with E-state index in [4.69, 9.17) is 4.74 Å². The number of aryl methyl sites for hydroxylation is 1. The van der Waals surface area contributed by atoms with Crippen LogP contribution < -0.4 is 10.6 Å². The molecule has 0 fully saturated rings. The molecule has 0 saturated carbocycles. The summed E-state index contributed by atoms with van der Waals surface area (Å²) in [6, 6.07) is 15.3. The summed E-state index contributed by atoms with van der Waals surface area (Å²) in [5, 5.41) is 7.75. The molecule has 0 saturated heterocycles. The van der Waals surface area contributed by atoms with Gasteiger partial charge >= 0.3 is 5.97 Å². The zero-order valence-electron chi connectivity index (χ0n) is 21.1. The molecule has 3 aromatic rings. The van der Waals surface area contributed by atoms with Gasteiger partial charge < -0.3 is 15.4 Å². The Morgan fingerprint density at radius 3 is 2.50 bits per heavy atom. The van der Waals surface area contributed by atoms with Gasteiger partial charge in [0.25, 0.3) is 0 Å². The Bertz CT molecular complexity index is 1200. The number of carbonyl (C=O) groups excluding carboxylic acids is 3. The summed E-state index contributed by atoms with van der Waals surface area (Å²) in [4.78, 5) is 38.8. The number of esters is 1. The van der Waals surface area contributed by atoms with E-state index in [-0.39, 0.29) is 18.4 Å². The predicted molar refractivity (Wildman–Crippen MR) is 149 cm³/mol. The monoisotopic (exact) mass is 524 g/mol. The molecule has 1 unspecified atom stereocenters. The van der Waals surface area contributed by atoms with Crippen LogP contribution in [0.1, 0.15) is 56.0 Å². The van der Waals surface area contributed by atoms with Crippen molar-refractivity contribution >= 4 is 51.6 Å². The van der Waals surface area contributed by atoms with E-state index in [0.29, 0.717) is 22.7 Å². The number of rotatable bonds is 11. The van der Waals surface area contributed by atoms with E-state index in [2.05, 4.69) is 10.6 Å². The zero-order chi connectivity index (χ0) is 26.1. The number of hydrogen-bond donors (Lipinski definition) is 2. The number of hydrogen-bond acceptors (Lipinski definition) is 6. The summed E-state index contributed by atoms with van der Waals surface area (Å²) < 4.78 is 5.30. The van der Waals surface area contributed by atoms with E-state index in [1.807, 2.05) is 74.7 Å². The second-order valence-corrected chi connectivity index (χ2v) is 10.7. The lowest BCUT2D eigenvalue weighted by Crippen LogP contribution is -2.23. The maximum Gasteiger partial charge on any atom is 0.341 e. The first-order chi connectivity index (χ1) is 17.3. The van der Waals surface area contributed by atoms with Crippen molar-refractivity contribution in [1.29, 1.82) is 0 Å². The lowest BCUT2D eigenvalue weighted by atomic mass is 10.0. The van der Waals surface area contributed by atoms with Gasteiger partial charge in [0.2, 0.25) is 11.8 Å². The quantitative estimate of drug-likeness (QED) is 0.206. The average molecular weight is 525 g/mol. The summed E-state index contributed by atoms with van der Waals surface area (Å²) >= 11 is 2.69. The van der Waals surface area contributed by atoms with E-state index >= 15 is 0 Å². The molecule has 6 nitrogen and oxygen atoms in total. The summed E-state index contributed by atoms with van der Waals surface area (Å²) in [6.45, 7) is 7.86. The fraction of sp³-hybridized carbons (Fsp3) is 0.321. The number of nitrogens with one attached hydrogen (secondary N) is 2. The van der Waals surface area contributed by atoms with Crippen LogP contribution in [0.15, 0.2) is 58.8 Å². The first kappa shape index (κ1) is 27.5. The fourth-order valence-corrected chi connectivity index (χ4v) is 5.37.